The smallest absolute Gasteiger partial charge is 0.122 e. The van der Waals surface area contributed by atoms with Gasteiger partial charge in [0.1, 0.15) is 49.1 Å². The third-order valence-electron chi connectivity index (χ3n) is 8.48. The topological polar surface area (TPSA) is 102 Å². The van der Waals surface area contributed by atoms with E-state index in [1.54, 1.807) is 0 Å². The van der Waals surface area contributed by atoms with Gasteiger partial charge in [-0.1, -0.05) is 48.5 Å². The molecule has 230 valence electrons. The fraction of sp³-hybridized carbons (Fsp3) is 0.486. The molecule has 8 heteroatoms. The summed E-state index contributed by atoms with van der Waals surface area (Å²) in [6.45, 7) is 7.36. The summed E-state index contributed by atoms with van der Waals surface area (Å²) in [4.78, 5) is 0. The second-order valence-electron chi connectivity index (χ2n) is 11.9. The number of benzene rings is 3. The van der Waals surface area contributed by atoms with Crippen LogP contribution in [0.1, 0.15) is 39.8 Å². The summed E-state index contributed by atoms with van der Waals surface area (Å²) in [6, 6.07) is 21.5. The Kier molecular flexibility index (Phi) is 9.33. The number of hydrogen-bond donors (Lipinski definition) is 2. The molecule has 0 amide bonds. The van der Waals surface area contributed by atoms with Gasteiger partial charge in [0.25, 0.3) is 0 Å². The van der Waals surface area contributed by atoms with E-state index in [0.717, 1.165) is 48.7 Å². The molecule has 2 N–H and O–H groups in total. The molecule has 0 saturated carbocycles. The SMILES string of the molecule is Cc1cc(C2(c3ccc(OCC(O)COCC4CO4)c(C)c3)CCc3ccccc32)ccc1OCC(O)COCC1CO1. The van der Waals surface area contributed by atoms with E-state index in [4.69, 9.17) is 28.4 Å². The summed E-state index contributed by atoms with van der Waals surface area (Å²) in [5.74, 6) is 1.50. The van der Waals surface area contributed by atoms with Crippen molar-refractivity contribution in [2.24, 2.45) is 0 Å². The molecule has 43 heavy (non-hydrogen) atoms. The molecule has 8 nitrogen and oxygen atoms in total. The van der Waals surface area contributed by atoms with E-state index in [9.17, 15) is 10.2 Å². The van der Waals surface area contributed by atoms with Crippen LogP contribution in [-0.2, 0) is 30.8 Å². The highest BCUT2D eigenvalue weighted by atomic mass is 16.6. The van der Waals surface area contributed by atoms with Gasteiger partial charge < -0.3 is 38.6 Å². The van der Waals surface area contributed by atoms with Crippen molar-refractivity contribution in [1.29, 1.82) is 0 Å². The van der Waals surface area contributed by atoms with Crippen LogP contribution >= 0.6 is 0 Å². The first kappa shape index (κ1) is 30.1. The van der Waals surface area contributed by atoms with Gasteiger partial charge in [-0.05, 0) is 72.2 Å². The third kappa shape index (κ3) is 7.23. The molecular weight excluding hydrogens is 548 g/mol. The summed E-state index contributed by atoms with van der Waals surface area (Å²) in [5, 5.41) is 20.6. The molecule has 4 unspecified atom stereocenters. The molecule has 2 fully saturated rings. The van der Waals surface area contributed by atoms with Crippen LogP contribution in [0, 0.1) is 13.8 Å². The molecular formula is C35H42O8. The Hall–Kier alpha value is -2.98. The van der Waals surface area contributed by atoms with Crippen molar-refractivity contribution in [1.82, 2.24) is 0 Å². The molecule has 0 radical (unpaired) electrons. The average Bonchev–Trinajstić information content (AvgIpc) is 3.95. The Bertz CT molecular complexity index is 1300. The van der Waals surface area contributed by atoms with Gasteiger partial charge in [-0.15, -0.1) is 0 Å². The zero-order valence-electron chi connectivity index (χ0n) is 25.0. The summed E-state index contributed by atoms with van der Waals surface area (Å²) >= 11 is 0. The lowest BCUT2D eigenvalue weighted by Crippen LogP contribution is -2.27. The van der Waals surface area contributed by atoms with E-state index in [1.807, 2.05) is 12.1 Å². The largest absolute Gasteiger partial charge is 0.491 e. The molecule has 0 aromatic heterocycles. The molecule has 3 aliphatic rings. The number of fused-ring (bicyclic) bond motifs is 1. The predicted molar refractivity (Wildman–Crippen MR) is 161 cm³/mol. The molecule has 3 aromatic carbocycles. The van der Waals surface area contributed by atoms with E-state index in [0.29, 0.717) is 13.2 Å². The molecule has 2 aliphatic heterocycles. The Morgan fingerprint density at radius 3 is 1.74 bits per heavy atom. The number of ether oxygens (including phenoxy) is 6. The van der Waals surface area contributed by atoms with Crippen molar-refractivity contribution in [3.05, 3.63) is 94.0 Å². The first-order valence-corrected chi connectivity index (χ1v) is 15.2. The fourth-order valence-electron chi connectivity index (χ4n) is 6.00. The van der Waals surface area contributed by atoms with E-state index in [-0.39, 0.29) is 44.1 Å². The minimum absolute atomic E-state index is 0.163. The van der Waals surface area contributed by atoms with E-state index < -0.39 is 12.2 Å². The van der Waals surface area contributed by atoms with Crippen LogP contribution in [0.4, 0.5) is 0 Å². The molecule has 0 spiro atoms. The van der Waals surface area contributed by atoms with Gasteiger partial charge in [0.15, 0.2) is 0 Å². The highest BCUT2D eigenvalue weighted by Crippen LogP contribution is 2.50. The monoisotopic (exact) mass is 590 g/mol. The highest BCUT2D eigenvalue weighted by Gasteiger charge is 2.42. The Labute approximate surface area is 253 Å². The quantitative estimate of drug-likeness (QED) is 0.242. The summed E-state index contributed by atoms with van der Waals surface area (Å²) in [7, 11) is 0. The highest BCUT2D eigenvalue weighted by molar-refractivity contribution is 5.59. The fourth-order valence-corrected chi connectivity index (χ4v) is 6.00. The van der Waals surface area contributed by atoms with E-state index >= 15 is 0 Å². The predicted octanol–water partition coefficient (Wildman–Crippen LogP) is 3.89. The van der Waals surface area contributed by atoms with E-state index in [1.165, 1.54) is 22.3 Å². The maximum Gasteiger partial charge on any atom is 0.122 e. The van der Waals surface area contributed by atoms with Crippen LogP contribution in [-0.4, -0.2) is 87.5 Å². The summed E-state index contributed by atoms with van der Waals surface area (Å²) in [5.41, 5.74) is 6.80. The van der Waals surface area contributed by atoms with Crippen LogP contribution in [0.2, 0.25) is 0 Å². The van der Waals surface area contributed by atoms with Gasteiger partial charge in [0, 0.05) is 5.41 Å². The molecule has 1 aliphatic carbocycles. The van der Waals surface area contributed by atoms with Crippen LogP contribution in [0.15, 0.2) is 60.7 Å². The molecule has 4 atom stereocenters. The van der Waals surface area contributed by atoms with Crippen molar-refractivity contribution in [2.75, 3.05) is 52.9 Å². The minimum Gasteiger partial charge on any atom is -0.491 e. The lowest BCUT2D eigenvalue weighted by Gasteiger charge is -2.33. The zero-order chi connectivity index (χ0) is 29.8. The van der Waals surface area contributed by atoms with Crippen LogP contribution in [0.25, 0.3) is 0 Å². The van der Waals surface area contributed by atoms with Crippen molar-refractivity contribution >= 4 is 0 Å². The maximum atomic E-state index is 10.3. The average molecular weight is 591 g/mol. The maximum absolute atomic E-state index is 10.3. The second kappa shape index (κ2) is 13.3. The number of rotatable bonds is 16. The summed E-state index contributed by atoms with van der Waals surface area (Å²) in [6.07, 6.45) is 0.873. The first-order valence-electron chi connectivity index (χ1n) is 15.2. The Balaban J connectivity index is 1.18. The number of aryl methyl sites for hydroxylation is 3. The van der Waals surface area contributed by atoms with Gasteiger partial charge in [-0.3, -0.25) is 0 Å². The lowest BCUT2D eigenvalue weighted by atomic mass is 9.69. The molecule has 3 aromatic rings. The first-order chi connectivity index (χ1) is 20.9. The zero-order valence-corrected chi connectivity index (χ0v) is 25.0. The number of aliphatic hydroxyl groups is 2. The van der Waals surface area contributed by atoms with Gasteiger partial charge in [-0.2, -0.15) is 0 Å². The van der Waals surface area contributed by atoms with Crippen LogP contribution in [0.5, 0.6) is 11.5 Å². The van der Waals surface area contributed by atoms with Gasteiger partial charge in [0.05, 0.1) is 39.6 Å². The Morgan fingerprint density at radius 2 is 1.26 bits per heavy atom. The van der Waals surface area contributed by atoms with E-state index in [2.05, 4.69) is 62.4 Å². The Morgan fingerprint density at radius 1 is 0.744 bits per heavy atom. The van der Waals surface area contributed by atoms with Crippen molar-refractivity contribution < 1.29 is 38.6 Å². The second-order valence-corrected chi connectivity index (χ2v) is 11.9. The van der Waals surface area contributed by atoms with Crippen molar-refractivity contribution in [3.8, 4) is 11.5 Å². The third-order valence-corrected chi connectivity index (χ3v) is 8.48. The minimum atomic E-state index is -0.708. The molecule has 6 rings (SSSR count). The molecule has 2 heterocycles. The normalized spacial score (nSPS) is 23.4. The van der Waals surface area contributed by atoms with Crippen LogP contribution < -0.4 is 9.47 Å². The van der Waals surface area contributed by atoms with Crippen molar-refractivity contribution in [2.45, 2.75) is 56.5 Å². The number of hydrogen-bond acceptors (Lipinski definition) is 8. The van der Waals surface area contributed by atoms with Crippen LogP contribution in [0.3, 0.4) is 0 Å². The molecule has 2 saturated heterocycles. The van der Waals surface area contributed by atoms with Crippen molar-refractivity contribution in [3.63, 3.8) is 0 Å². The van der Waals surface area contributed by atoms with Gasteiger partial charge >= 0.3 is 0 Å². The number of aliphatic hydroxyl groups excluding tert-OH is 2. The van der Waals surface area contributed by atoms with Gasteiger partial charge in [-0.25, -0.2) is 0 Å². The standard InChI is InChI=1S/C35H42O8/c1-23-13-26(7-9-33(23)42-17-28(36)15-38-19-30-21-40-30)35(12-11-25-5-3-4-6-32(25)35)27-8-10-34(24(2)14-27)43-18-29(37)16-39-20-31-22-41-31/h3-10,13-14,28-31,36-37H,11-12,15-22H2,1-2H3. The number of epoxide rings is 2. The lowest BCUT2D eigenvalue weighted by molar-refractivity contribution is 0.00748. The molecule has 0 bridgehead atoms. The summed E-state index contributed by atoms with van der Waals surface area (Å²) < 4.78 is 33.3. The van der Waals surface area contributed by atoms with Gasteiger partial charge in [0.2, 0.25) is 0 Å².